The molecule has 1 rings (SSSR count). The van der Waals surface area contributed by atoms with Gasteiger partial charge in [-0.1, -0.05) is 11.6 Å². The van der Waals surface area contributed by atoms with Crippen molar-refractivity contribution in [2.45, 2.75) is 4.90 Å². The molecule has 0 atom stereocenters. The number of halogens is 1. The Labute approximate surface area is 97.8 Å². The van der Waals surface area contributed by atoms with Crippen molar-refractivity contribution in [2.75, 3.05) is 0 Å². The Hall–Kier alpha value is 0.420. The van der Waals surface area contributed by atoms with Crippen LogP contribution in [0.25, 0.3) is 0 Å². The first-order valence-electron chi connectivity index (χ1n) is 2.73. The first kappa shape index (κ1) is 12.4. The van der Waals surface area contributed by atoms with Crippen LogP contribution in [0.1, 0.15) is 0 Å². The van der Waals surface area contributed by atoms with Crippen LogP contribution in [0.15, 0.2) is 29.2 Å². The maximum atomic E-state index is 10.5. The molecule has 6 heteroatoms. The van der Waals surface area contributed by atoms with Crippen molar-refractivity contribution in [3.05, 3.63) is 29.3 Å². The fraction of sp³-hybridized carbons (Fsp3) is 0. The average Bonchev–Trinajstić information content (AvgIpc) is 1.86. The summed E-state index contributed by atoms with van der Waals surface area (Å²) in [6, 6.07) is 5.25. The minimum absolute atomic E-state index is 0. The molecule has 1 aromatic rings. The van der Waals surface area contributed by atoms with E-state index in [-0.39, 0.29) is 34.5 Å². The van der Waals surface area contributed by atoms with Crippen LogP contribution >= 0.6 is 11.6 Å². The summed E-state index contributed by atoms with van der Waals surface area (Å²) in [7, 11) is -4.08. The van der Waals surface area contributed by atoms with Gasteiger partial charge in [-0.15, -0.1) is 0 Å². The molecule has 0 saturated heterocycles. The van der Waals surface area contributed by atoms with Crippen LogP contribution in [-0.4, -0.2) is 42.5 Å². The second kappa shape index (κ2) is 4.60. The summed E-state index contributed by atoms with van der Waals surface area (Å²) in [6.07, 6.45) is 0. The number of hydrogen-bond acceptors (Lipinski definition) is 2. The minimum atomic E-state index is -4.08. The molecule has 0 amide bonds. The van der Waals surface area contributed by atoms with Crippen molar-refractivity contribution >= 4 is 51.3 Å². The Balaban J connectivity index is 0.00000121. The third-order valence-corrected chi connectivity index (χ3v) is 2.23. The molecular formula is C6H5ClNaO3S. The molecule has 0 aliphatic carbocycles. The van der Waals surface area contributed by atoms with E-state index in [1.54, 1.807) is 0 Å². The molecule has 0 aliphatic heterocycles. The van der Waals surface area contributed by atoms with Gasteiger partial charge in [0.05, 0.1) is 4.90 Å². The smallest absolute Gasteiger partial charge is 0.282 e. The monoisotopic (exact) mass is 215 g/mol. The molecule has 1 aromatic carbocycles. The Morgan fingerprint density at radius 2 is 1.58 bits per heavy atom. The van der Waals surface area contributed by atoms with Crippen LogP contribution in [-0.2, 0) is 10.1 Å². The van der Waals surface area contributed by atoms with Crippen molar-refractivity contribution in [3.63, 3.8) is 0 Å². The molecule has 0 heterocycles. The number of hydrogen-bond donors (Lipinski definition) is 1. The van der Waals surface area contributed by atoms with Gasteiger partial charge in [-0.25, -0.2) is 0 Å². The topological polar surface area (TPSA) is 54.4 Å². The van der Waals surface area contributed by atoms with E-state index in [0.717, 1.165) is 0 Å². The van der Waals surface area contributed by atoms with Crippen molar-refractivity contribution in [2.24, 2.45) is 0 Å². The summed E-state index contributed by atoms with van der Waals surface area (Å²) in [6.45, 7) is 0. The van der Waals surface area contributed by atoms with Crippen molar-refractivity contribution < 1.29 is 13.0 Å². The van der Waals surface area contributed by atoms with Gasteiger partial charge in [-0.3, -0.25) is 4.55 Å². The van der Waals surface area contributed by atoms with E-state index in [1.165, 1.54) is 24.3 Å². The maximum absolute atomic E-state index is 10.5. The molecule has 61 valence electrons. The molecule has 0 fully saturated rings. The van der Waals surface area contributed by atoms with Crippen LogP contribution in [0.5, 0.6) is 0 Å². The first-order valence-corrected chi connectivity index (χ1v) is 4.55. The van der Waals surface area contributed by atoms with Crippen molar-refractivity contribution in [1.29, 1.82) is 0 Å². The molecule has 0 unspecified atom stereocenters. The van der Waals surface area contributed by atoms with Gasteiger partial charge in [0, 0.05) is 34.6 Å². The second-order valence-corrected chi connectivity index (χ2v) is 3.79. The van der Waals surface area contributed by atoms with E-state index in [1.807, 2.05) is 0 Å². The molecule has 1 radical (unpaired) electrons. The van der Waals surface area contributed by atoms with Crippen LogP contribution in [0.4, 0.5) is 0 Å². The predicted octanol–water partition coefficient (Wildman–Crippen LogP) is 1.21. The fourth-order valence-corrected chi connectivity index (χ4v) is 1.21. The molecule has 0 aliphatic rings. The van der Waals surface area contributed by atoms with Gasteiger partial charge in [-0.2, -0.15) is 8.42 Å². The van der Waals surface area contributed by atoms with Crippen LogP contribution in [0.2, 0.25) is 5.02 Å². The molecule has 0 aromatic heterocycles. The van der Waals surface area contributed by atoms with Gasteiger partial charge in [-0.05, 0) is 24.3 Å². The zero-order valence-electron chi connectivity index (χ0n) is 6.36. The Bertz CT molecular complexity index is 346. The summed E-state index contributed by atoms with van der Waals surface area (Å²) < 4.78 is 29.4. The zero-order chi connectivity index (χ0) is 8.48. The number of benzene rings is 1. The standard InChI is InChI=1S/C6H5ClO3S.Na/c7-5-1-3-6(4-2-5)11(8,9)10;/h1-4H,(H,8,9,10);. The normalized spacial score (nSPS) is 10.5. The second-order valence-electron chi connectivity index (χ2n) is 1.93. The Morgan fingerprint density at radius 1 is 1.17 bits per heavy atom. The summed E-state index contributed by atoms with van der Waals surface area (Å²) in [5.41, 5.74) is 0. The molecule has 0 bridgehead atoms. The summed E-state index contributed by atoms with van der Waals surface area (Å²) in [5, 5.41) is 0.428. The quantitative estimate of drug-likeness (QED) is 0.566. The number of rotatable bonds is 1. The fourth-order valence-electron chi connectivity index (χ4n) is 0.607. The first-order chi connectivity index (χ1) is 5.00. The van der Waals surface area contributed by atoms with Gasteiger partial charge < -0.3 is 0 Å². The van der Waals surface area contributed by atoms with Crippen LogP contribution in [0.3, 0.4) is 0 Å². The van der Waals surface area contributed by atoms with E-state index in [4.69, 9.17) is 16.2 Å². The third-order valence-electron chi connectivity index (χ3n) is 1.11. The van der Waals surface area contributed by atoms with E-state index in [9.17, 15) is 8.42 Å². The van der Waals surface area contributed by atoms with E-state index in [0.29, 0.717) is 5.02 Å². The van der Waals surface area contributed by atoms with Gasteiger partial charge >= 0.3 is 0 Å². The molecule has 0 spiro atoms. The minimum Gasteiger partial charge on any atom is -0.282 e. The summed E-state index contributed by atoms with van der Waals surface area (Å²) in [5.74, 6) is 0. The largest absolute Gasteiger partial charge is 0.294 e. The predicted molar refractivity (Wildman–Crippen MR) is 47.0 cm³/mol. The van der Waals surface area contributed by atoms with Crippen LogP contribution < -0.4 is 0 Å². The third kappa shape index (κ3) is 3.43. The molecular weight excluding hydrogens is 211 g/mol. The Morgan fingerprint density at radius 3 is 1.92 bits per heavy atom. The van der Waals surface area contributed by atoms with E-state index in [2.05, 4.69) is 0 Å². The molecule has 12 heavy (non-hydrogen) atoms. The van der Waals surface area contributed by atoms with Gasteiger partial charge in [0.1, 0.15) is 0 Å². The average molecular weight is 216 g/mol. The Kier molecular flexibility index (Phi) is 4.76. The van der Waals surface area contributed by atoms with Crippen LogP contribution in [0, 0.1) is 0 Å². The van der Waals surface area contributed by atoms with Gasteiger partial charge in [0.2, 0.25) is 0 Å². The zero-order valence-corrected chi connectivity index (χ0v) is 9.93. The van der Waals surface area contributed by atoms with Gasteiger partial charge in [0.25, 0.3) is 10.1 Å². The van der Waals surface area contributed by atoms with E-state index < -0.39 is 10.1 Å². The SMILES string of the molecule is O=S(=O)(O)c1ccc(Cl)cc1.[Na]. The van der Waals surface area contributed by atoms with Gasteiger partial charge in [0.15, 0.2) is 0 Å². The maximum Gasteiger partial charge on any atom is 0.294 e. The molecule has 1 N–H and O–H groups in total. The molecule has 3 nitrogen and oxygen atoms in total. The van der Waals surface area contributed by atoms with E-state index >= 15 is 0 Å². The molecule has 0 saturated carbocycles. The summed E-state index contributed by atoms with van der Waals surface area (Å²) in [4.78, 5) is -0.151. The van der Waals surface area contributed by atoms with Crippen molar-refractivity contribution in [3.8, 4) is 0 Å². The van der Waals surface area contributed by atoms with Crippen molar-refractivity contribution in [1.82, 2.24) is 0 Å². The summed E-state index contributed by atoms with van der Waals surface area (Å²) >= 11 is 5.49.